The molecular formula is C13H17BrN2O2. The topological polar surface area (TPSA) is 55.6 Å². The molecule has 0 saturated carbocycles. The largest absolute Gasteiger partial charge is 0.371 e. The first-order valence-electron chi connectivity index (χ1n) is 5.98. The van der Waals surface area contributed by atoms with Crippen LogP contribution in [0.4, 0.5) is 0 Å². The number of morpholine rings is 1. The van der Waals surface area contributed by atoms with Crippen molar-refractivity contribution in [3.05, 3.63) is 34.3 Å². The molecule has 2 atom stereocenters. The van der Waals surface area contributed by atoms with E-state index < -0.39 is 0 Å². The molecule has 0 radical (unpaired) electrons. The first-order chi connectivity index (χ1) is 8.58. The fourth-order valence-corrected chi connectivity index (χ4v) is 2.34. The molecule has 1 heterocycles. The van der Waals surface area contributed by atoms with Crippen LogP contribution >= 0.6 is 15.9 Å². The minimum Gasteiger partial charge on any atom is -0.371 e. The third-order valence-electron chi connectivity index (χ3n) is 3.30. The van der Waals surface area contributed by atoms with Crippen molar-refractivity contribution in [2.75, 3.05) is 19.7 Å². The highest BCUT2D eigenvalue weighted by molar-refractivity contribution is 9.10. The van der Waals surface area contributed by atoms with E-state index in [9.17, 15) is 4.79 Å². The number of primary amides is 1. The van der Waals surface area contributed by atoms with Crippen LogP contribution in [-0.2, 0) is 9.53 Å². The van der Waals surface area contributed by atoms with Crippen LogP contribution in [0.1, 0.15) is 18.6 Å². The standard InChI is InChI=1S/C13H17BrN2O2/c1-9(13(15)17)16-6-7-18-12(8-16)10-2-4-11(14)5-3-10/h2-5,9,12H,6-8H2,1H3,(H2,15,17)/t9-,12-/m0/s1. The number of carbonyl (C=O) groups is 1. The second-order valence-electron chi connectivity index (χ2n) is 4.48. The predicted molar refractivity (Wildman–Crippen MR) is 73.1 cm³/mol. The van der Waals surface area contributed by atoms with E-state index in [1.807, 2.05) is 31.2 Å². The Kier molecular flexibility index (Phi) is 4.37. The number of nitrogens with two attached hydrogens (primary N) is 1. The van der Waals surface area contributed by atoms with Crippen LogP contribution in [0, 0.1) is 0 Å². The van der Waals surface area contributed by atoms with Gasteiger partial charge in [0.2, 0.25) is 5.91 Å². The lowest BCUT2D eigenvalue weighted by Gasteiger charge is -2.35. The van der Waals surface area contributed by atoms with Gasteiger partial charge in [0.05, 0.1) is 18.8 Å². The predicted octanol–water partition coefficient (Wildman–Crippen LogP) is 1.70. The molecule has 0 bridgehead atoms. The van der Waals surface area contributed by atoms with Crippen LogP contribution in [0.5, 0.6) is 0 Å². The average molecular weight is 313 g/mol. The van der Waals surface area contributed by atoms with E-state index in [-0.39, 0.29) is 18.1 Å². The van der Waals surface area contributed by atoms with Crippen LogP contribution in [-0.4, -0.2) is 36.5 Å². The molecule has 4 nitrogen and oxygen atoms in total. The number of hydrogen-bond acceptors (Lipinski definition) is 3. The number of rotatable bonds is 3. The molecule has 1 saturated heterocycles. The second-order valence-corrected chi connectivity index (χ2v) is 5.40. The third kappa shape index (κ3) is 3.10. The lowest BCUT2D eigenvalue weighted by molar-refractivity contribution is -0.126. The molecule has 1 aromatic carbocycles. The zero-order chi connectivity index (χ0) is 13.1. The molecule has 18 heavy (non-hydrogen) atoms. The van der Waals surface area contributed by atoms with E-state index in [0.717, 1.165) is 16.6 Å². The molecule has 1 aliphatic heterocycles. The Hall–Kier alpha value is -0.910. The van der Waals surface area contributed by atoms with Gasteiger partial charge in [-0.05, 0) is 24.6 Å². The van der Waals surface area contributed by atoms with Crippen LogP contribution in [0.25, 0.3) is 0 Å². The summed E-state index contributed by atoms with van der Waals surface area (Å²) >= 11 is 3.41. The van der Waals surface area contributed by atoms with Crippen molar-refractivity contribution in [3.8, 4) is 0 Å². The number of hydrogen-bond donors (Lipinski definition) is 1. The van der Waals surface area contributed by atoms with Gasteiger partial charge in [-0.25, -0.2) is 0 Å². The molecule has 5 heteroatoms. The quantitative estimate of drug-likeness (QED) is 0.924. The Morgan fingerprint density at radius 2 is 2.17 bits per heavy atom. The van der Waals surface area contributed by atoms with Gasteiger partial charge in [-0.2, -0.15) is 0 Å². The number of ether oxygens (including phenoxy) is 1. The molecule has 0 spiro atoms. The summed E-state index contributed by atoms with van der Waals surface area (Å²) in [6, 6.07) is 7.82. The van der Waals surface area contributed by atoms with E-state index in [4.69, 9.17) is 10.5 Å². The fraction of sp³-hybridized carbons (Fsp3) is 0.462. The summed E-state index contributed by atoms with van der Waals surface area (Å²) in [6.07, 6.45) is 0.00801. The summed E-state index contributed by atoms with van der Waals surface area (Å²) in [5, 5.41) is 0. The van der Waals surface area contributed by atoms with Crippen LogP contribution in [0.3, 0.4) is 0 Å². The minimum atomic E-state index is -0.286. The monoisotopic (exact) mass is 312 g/mol. The van der Waals surface area contributed by atoms with Crippen LogP contribution in [0.2, 0.25) is 0 Å². The molecule has 2 rings (SSSR count). The van der Waals surface area contributed by atoms with Gasteiger partial charge in [-0.3, -0.25) is 9.69 Å². The molecule has 98 valence electrons. The van der Waals surface area contributed by atoms with E-state index in [2.05, 4.69) is 20.8 Å². The first-order valence-corrected chi connectivity index (χ1v) is 6.77. The molecule has 0 aromatic heterocycles. The highest BCUT2D eigenvalue weighted by Crippen LogP contribution is 2.24. The fourth-order valence-electron chi connectivity index (χ4n) is 2.08. The van der Waals surface area contributed by atoms with Gasteiger partial charge in [0.1, 0.15) is 0 Å². The lowest BCUT2D eigenvalue weighted by Crippen LogP contribution is -2.48. The highest BCUT2D eigenvalue weighted by atomic mass is 79.9. The Morgan fingerprint density at radius 3 is 2.78 bits per heavy atom. The van der Waals surface area contributed by atoms with Crippen LogP contribution < -0.4 is 5.73 Å². The SMILES string of the molecule is C[C@@H](C(N)=O)N1CCO[C@H](c2ccc(Br)cc2)C1. The zero-order valence-corrected chi connectivity index (χ0v) is 11.9. The lowest BCUT2D eigenvalue weighted by atomic mass is 10.1. The first kappa shape index (κ1) is 13.5. The number of halogens is 1. The molecule has 1 aromatic rings. The normalized spacial score (nSPS) is 22.7. The summed E-state index contributed by atoms with van der Waals surface area (Å²) < 4.78 is 6.80. The van der Waals surface area contributed by atoms with E-state index in [0.29, 0.717) is 13.2 Å². The zero-order valence-electron chi connectivity index (χ0n) is 10.3. The number of nitrogens with zero attached hydrogens (tertiary/aromatic N) is 1. The van der Waals surface area contributed by atoms with E-state index in [1.165, 1.54) is 0 Å². The third-order valence-corrected chi connectivity index (χ3v) is 3.83. The summed E-state index contributed by atoms with van der Waals surface area (Å²) in [6.45, 7) is 3.91. The van der Waals surface area contributed by atoms with Gasteiger partial charge in [-0.1, -0.05) is 28.1 Å². The van der Waals surface area contributed by atoms with Crippen molar-refractivity contribution < 1.29 is 9.53 Å². The molecule has 0 aliphatic carbocycles. The van der Waals surface area contributed by atoms with Gasteiger partial charge < -0.3 is 10.5 Å². The van der Waals surface area contributed by atoms with Crippen LogP contribution in [0.15, 0.2) is 28.7 Å². The van der Waals surface area contributed by atoms with Crippen molar-refractivity contribution in [1.82, 2.24) is 4.90 Å². The summed E-state index contributed by atoms with van der Waals surface area (Å²) in [4.78, 5) is 13.3. The highest BCUT2D eigenvalue weighted by Gasteiger charge is 2.27. The summed E-state index contributed by atoms with van der Waals surface area (Å²) in [5.74, 6) is -0.286. The summed E-state index contributed by atoms with van der Waals surface area (Å²) in [7, 11) is 0. The number of benzene rings is 1. The molecule has 1 amide bonds. The van der Waals surface area contributed by atoms with Gasteiger partial charge in [0.25, 0.3) is 0 Å². The van der Waals surface area contributed by atoms with E-state index >= 15 is 0 Å². The number of amides is 1. The second kappa shape index (κ2) is 5.82. The van der Waals surface area contributed by atoms with Crippen molar-refractivity contribution in [2.45, 2.75) is 19.1 Å². The molecule has 1 fully saturated rings. The molecule has 0 unspecified atom stereocenters. The van der Waals surface area contributed by atoms with Crippen molar-refractivity contribution in [2.24, 2.45) is 5.73 Å². The average Bonchev–Trinajstić information content (AvgIpc) is 2.38. The van der Waals surface area contributed by atoms with Crippen molar-refractivity contribution in [3.63, 3.8) is 0 Å². The maximum Gasteiger partial charge on any atom is 0.234 e. The maximum absolute atomic E-state index is 11.2. The van der Waals surface area contributed by atoms with Crippen molar-refractivity contribution >= 4 is 21.8 Å². The Labute approximate surface area is 115 Å². The van der Waals surface area contributed by atoms with Gasteiger partial charge >= 0.3 is 0 Å². The van der Waals surface area contributed by atoms with E-state index in [1.54, 1.807) is 0 Å². The smallest absolute Gasteiger partial charge is 0.234 e. The Bertz CT molecular complexity index is 422. The molecule has 1 aliphatic rings. The summed E-state index contributed by atoms with van der Waals surface area (Å²) in [5.41, 5.74) is 6.47. The maximum atomic E-state index is 11.2. The Balaban J connectivity index is 2.06. The number of carbonyl (C=O) groups excluding carboxylic acids is 1. The minimum absolute atomic E-state index is 0.00801. The van der Waals surface area contributed by atoms with Gasteiger partial charge in [0, 0.05) is 17.6 Å². The Morgan fingerprint density at radius 1 is 1.50 bits per heavy atom. The van der Waals surface area contributed by atoms with Crippen molar-refractivity contribution in [1.29, 1.82) is 0 Å². The molecular weight excluding hydrogens is 296 g/mol. The molecule has 2 N–H and O–H groups in total. The van der Waals surface area contributed by atoms with Gasteiger partial charge in [-0.15, -0.1) is 0 Å². The van der Waals surface area contributed by atoms with Gasteiger partial charge in [0.15, 0.2) is 0 Å².